The number of carbonyl (C=O) groups excluding carboxylic acids is 1. The van der Waals surface area contributed by atoms with E-state index in [0.29, 0.717) is 19.0 Å². The lowest BCUT2D eigenvalue weighted by Crippen LogP contribution is -2.37. The van der Waals surface area contributed by atoms with Crippen LogP contribution in [0.4, 0.5) is 5.69 Å². The normalized spacial score (nSPS) is 17.0. The highest BCUT2D eigenvalue weighted by Crippen LogP contribution is 2.17. The number of alkyl halides is 1. The Morgan fingerprint density at radius 2 is 1.91 bits per heavy atom. The molecule has 0 aromatic heterocycles. The number of nitrogens with one attached hydrogen (secondary N) is 2. The van der Waals surface area contributed by atoms with E-state index in [9.17, 15) is 9.90 Å². The van der Waals surface area contributed by atoms with Crippen LogP contribution in [0.3, 0.4) is 0 Å². The highest BCUT2D eigenvalue weighted by Gasteiger charge is 2.15. The van der Waals surface area contributed by atoms with Gasteiger partial charge in [-0.3, -0.25) is 4.79 Å². The molecule has 0 spiro atoms. The average molecular weight is 325 g/mol. The lowest BCUT2D eigenvalue weighted by Gasteiger charge is -2.22. The van der Waals surface area contributed by atoms with Gasteiger partial charge in [0, 0.05) is 18.3 Å². The number of amides is 1. The number of carbonyl (C=O) groups is 1. The van der Waals surface area contributed by atoms with Gasteiger partial charge in [-0.2, -0.15) is 0 Å². The van der Waals surface area contributed by atoms with E-state index in [-0.39, 0.29) is 11.8 Å². The Kier molecular flexibility index (Phi) is 7.00. The maximum atomic E-state index is 12.0. The zero-order chi connectivity index (χ0) is 15.8. The lowest BCUT2D eigenvalue weighted by atomic mass is 9.95. The predicted octanol–water partition coefficient (Wildman–Crippen LogP) is 2.69. The Morgan fingerprint density at radius 1 is 1.23 bits per heavy atom. The minimum absolute atomic E-state index is 0.102. The molecule has 1 saturated carbocycles. The largest absolute Gasteiger partial charge is 0.390 e. The first-order valence-electron chi connectivity index (χ1n) is 8.03. The maximum absolute atomic E-state index is 12.0. The number of aliphatic hydroxyl groups excluding tert-OH is 1. The van der Waals surface area contributed by atoms with Crippen molar-refractivity contribution in [1.29, 1.82) is 0 Å². The molecule has 3 N–H and O–H groups in total. The molecule has 0 bridgehead atoms. The summed E-state index contributed by atoms with van der Waals surface area (Å²) >= 11 is 5.55. The van der Waals surface area contributed by atoms with Crippen LogP contribution in [0.1, 0.15) is 37.7 Å². The van der Waals surface area contributed by atoms with E-state index < -0.39 is 6.10 Å². The number of halogens is 1. The van der Waals surface area contributed by atoms with Crippen molar-refractivity contribution in [3.05, 3.63) is 29.8 Å². The summed E-state index contributed by atoms with van der Waals surface area (Å²) in [5.74, 6) is 0.317. The first kappa shape index (κ1) is 17.1. The van der Waals surface area contributed by atoms with Gasteiger partial charge in [0.2, 0.25) is 5.91 Å². The number of aliphatic hydroxyl groups is 1. The Labute approximate surface area is 137 Å². The molecule has 122 valence electrons. The summed E-state index contributed by atoms with van der Waals surface area (Å²) < 4.78 is 0. The molecule has 1 fully saturated rings. The molecule has 2 rings (SSSR count). The van der Waals surface area contributed by atoms with Crippen molar-refractivity contribution in [2.24, 2.45) is 0 Å². The quantitative estimate of drug-likeness (QED) is 0.676. The third-order valence-electron chi connectivity index (χ3n) is 4.01. The van der Waals surface area contributed by atoms with Gasteiger partial charge in [0.1, 0.15) is 0 Å². The first-order chi connectivity index (χ1) is 10.7. The minimum atomic E-state index is -0.553. The van der Waals surface area contributed by atoms with Gasteiger partial charge in [-0.25, -0.2) is 0 Å². The van der Waals surface area contributed by atoms with Crippen molar-refractivity contribution >= 4 is 23.2 Å². The summed E-state index contributed by atoms with van der Waals surface area (Å²) in [4.78, 5) is 12.0. The second kappa shape index (κ2) is 9.01. The van der Waals surface area contributed by atoms with Gasteiger partial charge in [0.05, 0.1) is 18.4 Å². The van der Waals surface area contributed by atoms with Crippen molar-refractivity contribution in [2.75, 3.05) is 17.7 Å². The molecule has 1 aromatic rings. The van der Waals surface area contributed by atoms with Crippen LogP contribution in [-0.2, 0) is 11.2 Å². The Balaban J connectivity index is 1.76. The van der Waals surface area contributed by atoms with E-state index in [0.717, 1.165) is 24.1 Å². The topological polar surface area (TPSA) is 61.4 Å². The van der Waals surface area contributed by atoms with Crippen LogP contribution < -0.4 is 10.6 Å². The third-order valence-corrected chi connectivity index (χ3v) is 4.37. The van der Waals surface area contributed by atoms with Gasteiger partial charge < -0.3 is 15.7 Å². The summed E-state index contributed by atoms with van der Waals surface area (Å²) in [5, 5.41) is 15.6. The second-order valence-corrected chi connectivity index (χ2v) is 6.27. The van der Waals surface area contributed by atoms with E-state index in [2.05, 4.69) is 10.6 Å². The summed E-state index contributed by atoms with van der Waals surface area (Å²) in [6, 6.07) is 8.08. The van der Waals surface area contributed by atoms with Gasteiger partial charge in [0.25, 0.3) is 0 Å². The molecule has 0 heterocycles. The lowest BCUT2D eigenvalue weighted by molar-refractivity contribution is -0.121. The third kappa shape index (κ3) is 5.85. The second-order valence-electron chi connectivity index (χ2n) is 5.97. The van der Waals surface area contributed by atoms with Crippen LogP contribution in [0.2, 0.25) is 0 Å². The molecule has 4 nitrogen and oxygen atoms in total. The summed E-state index contributed by atoms with van der Waals surface area (Å²) in [6.07, 6.45) is 5.82. The fraction of sp³-hybridized carbons (Fsp3) is 0.588. The van der Waals surface area contributed by atoms with E-state index in [1.807, 2.05) is 24.3 Å². The Bertz CT molecular complexity index is 458. The van der Waals surface area contributed by atoms with E-state index in [4.69, 9.17) is 11.6 Å². The Hall–Kier alpha value is -1.26. The zero-order valence-electron chi connectivity index (χ0n) is 12.9. The standard InChI is InChI=1S/C17H25ClN2O2/c18-11-16(21)12-19-14-8-6-13(7-9-14)10-17(22)20-15-4-2-1-3-5-15/h6-9,15-16,19,21H,1-5,10-12H2,(H,20,22). The smallest absolute Gasteiger partial charge is 0.224 e. The SMILES string of the molecule is O=C(Cc1ccc(NCC(O)CCl)cc1)NC1CCCCC1. The van der Waals surface area contributed by atoms with Crippen molar-refractivity contribution < 1.29 is 9.90 Å². The maximum Gasteiger partial charge on any atom is 0.224 e. The molecule has 0 aliphatic heterocycles. The van der Waals surface area contributed by atoms with Crippen LogP contribution in [-0.4, -0.2) is 35.6 Å². The molecule has 1 aromatic carbocycles. The fourth-order valence-corrected chi connectivity index (χ4v) is 2.85. The molecule has 22 heavy (non-hydrogen) atoms. The fourth-order valence-electron chi connectivity index (χ4n) is 2.74. The van der Waals surface area contributed by atoms with Crippen LogP contribution in [0.15, 0.2) is 24.3 Å². The molecule has 1 aliphatic carbocycles. The van der Waals surface area contributed by atoms with Gasteiger partial charge in [-0.05, 0) is 30.5 Å². The molecule has 0 saturated heterocycles. The highest BCUT2D eigenvalue weighted by molar-refractivity contribution is 6.18. The summed E-state index contributed by atoms with van der Waals surface area (Å²) in [5.41, 5.74) is 1.91. The summed E-state index contributed by atoms with van der Waals surface area (Å²) in [7, 11) is 0. The van der Waals surface area contributed by atoms with Gasteiger partial charge in [0.15, 0.2) is 0 Å². The minimum Gasteiger partial charge on any atom is -0.390 e. The summed E-state index contributed by atoms with van der Waals surface area (Å²) in [6.45, 7) is 0.422. The zero-order valence-corrected chi connectivity index (χ0v) is 13.6. The molecular formula is C17H25ClN2O2. The molecule has 0 radical (unpaired) electrons. The molecule has 1 atom stereocenters. The molecule has 1 unspecified atom stereocenters. The average Bonchev–Trinajstić information content (AvgIpc) is 2.54. The van der Waals surface area contributed by atoms with E-state index in [1.54, 1.807) is 0 Å². The number of hydrogen-bond acceptors (Lipinski definition) is 3. The number of rotatable bonds is 7. The van der Waals surface area contributed by atoms with Gasteiger partial charge >= 0.3 is 0 Å². The van der Waals surface area contributed by atoms with Crippen LogP contribution in [0.5, 0.6) is 0 Å². The van der Waals surface area contributed by atoms with Crippen molar-refractivity contribution in [1.82, 2.24) is 5.32 Å². The van der Waals surface area contributed by atoms with Crippen LogP contribution in [0.25, 0.3) is 0 Å². The highest BCUT2D eigenvalue weighted by atomic mass is 35.5. The van der Waals surface area contributed by atoms with Crippen LogP contribution >= 0.6 is 11.6 Å². The monoisotopic (exact) mass is 324 g/mol. The molecule has 1 aliphatic rings. The van der Waals surface area contributed by atoms with Crippen molar-refractivity contribution in [3.8, 4) is 0 Å². The molecular weight excluding hydrogens is 300 g/mol. The van der Waals surface area contributed by atoms with Crippen molar-refractivity contribution in [2.45, 2.75) is 50.7 Å². The molecule has 5 heteroatoms. The van der Waals surface area contributed by atoms with Gasteiger partial charge in [-0.1, -0.05) is 31.4 Å². The number of anilines is 1. The van der Waals surface area contributed by atoms with E-state index in [1.165, 1.54) is 19.3 Å². The Morgan fingerprint density at radius 3 is 2.55 bits per heavy atom. The first-order valence-corrected chi connectivity index (χ1v) is 8.57. The van der Waals surface area contributed by atoms with Crippen LogP contribution in [0, 0.1) is 0 Å². The number of hydrogen-bond donors (Lipinski definition) is 3. The van der Waals surface area contributed by atoms with Gasteiger partial charge in [-0.15, -0.1) is 11.6 Å². The van der Waals surface area contributed by atoms with Crippen molar-refractivity contribution in [3.63, 3.8) is 0 Å². The molecule has 1 amide bonds. The number of benzene rings is 1. The van der Waals surface area contributed by atoms with E-state index >= 15 is 0 Å². The predicted molar refractivity (Wildman–Crippen MR) is 90.4 cm³/mol.